The summed E-state index contributed by atoms with van der Waals surface area (Å²) >= 11 is 0. The van der Waals surface area contributed by atoms with E-state index < -0.39 is 15.1 Å². The predicted molar refractivity (Wildman–Crippen MR) is 66.7 cm³/mol. The predicted octanol–water partition coefficient (Wildman–Crippen LogP) is 3.02. The molecule has 0 N–H and O–H groups in total. The topological polar surface area (TPSA) is 43.4 Å². The van der Waals surface area contributed by atoms with Gasteiger partial charge < -0.3 is 4.74 Å². The van der Waals surface area contributed by atoms with Crippen LogP contribution in [0.15, 0.2) is 53.4 Å². The van der Waals surface area contributed by atoms with E-state index in [9.17, 15) is 12.3 Å². The highest BCUT2D eigenvalue weighted by Gasteiger charge is 2.18. The molecule has 0 bridgehead atoms. The van der Waals surface area contributed by atoms with E-state index >= 15 is 0 Å². The van der Waals surface area contributed by atoms with Gasteiger partial charge in [0.25, 0.3) is 0 Å². The standard InChI is InChI=1S/C13H11FO3S/c1-17-12-9-11(10-5-3-2-4-6-10)7-8-13(12)18(14,15)16/h2-9H,1H3. The average Bonchev–Trinajstić information content (AvgIpc) is 2.38. The zero-order chi connectivity index (χ0) is 13.2. The maximum atomic E-state index is 13.0. The molecular weight excluding hydrogens is 255 g/mol. The van der Waals surface area contributed by atoms with Gasteiger partial charge in [-0.15, -0.1) is 3.89 Å². The van der Waals surface area contributed by atoms with Crippen LogP contribution in [0.1, 0.15) is 0 Å². The first kappa shape index (κ1) is 12.6. The molecule has 3 nitrogen and oxygen atoms in total. The summed E-state index contributed by atoms with van der Waals surface area (Å²) in [7, 11) is -3.47. The highest BCUT2D eigenvalue weighted by atomic mass is 32.3. The lowest BCUT2D eigenvalue weighted by Crippen LogP contribution is -1.97. The molecule has 0 spiro atoms. The largest absolute Gasteiger partial charge is 0.495 e. The summed E-state index contributed by atoms with van der Waals surface area (Å²) in [6, 6.07) is 13.6. The second-order valence-electron chi connectivity index (χ2n) is 3.67. The Morgan fingerprint density at radius 2 is 1.67 bits per heavy atom. The van der Waals surface area contributed by atoms with E-state index in [4.69, 9.17) is 4.74 Å². The first-order chi connectivity index (χ1) is 8.52. The lowest BCUT2D eigenvalue weighted by atomic mass is 10.1. The zero-order valence-corrected chi connectivity index (χ0v) is 10.4. The van der Waals surface area contributed by atoms with E-state index in [0.29, 0.717) is 0 Å². The Hall–Kier alpha value is -1.88. The van der Waals surface area contributed by atoms with Crippen molar-refractivity contribution in [2.75, 3.05) is 7.11 Å². The summed E-state index contributed by atoms with van der Waals surface area (Å²) in [6.45, 7) is 0. The monoisotopic (exact) mass is 266 g/mol. The Morgan fingerprint density at radius 3 is 2.22 bits per heavy atom. The summed E-state index contributed by atoms with van der Waals surface area (Å²) < 4.78 is 39.7. The van der Waals surface area contributed by atoms with Crippen molar-refractivity contribution >= 4 is 10.2 Å². The van der Waals surface area contributed by atoms with Crippen molar-refractivity contribution in [1.82, 2.24) is 0 Å². The highest BCUT2D eigenvalue weighted by molar-refractivity contribution is 7.86. The quantitative estimate of drug-likeness (QED) is 0.802. The van der Waals surface area contributed by atoms with Crippen LogP contribution in [-0.2, 0) is 10.2 Å². The Labute approximate surface area is 105 Å². The van der Waals surface area contributed by atoms with Crippen LogP contribution in [-0.4, -0.2) is 15.5 Å². The maximum Gasteiger partial charge on any atom is 0.335 e. The fraction of sp³-hybridized carbons (Fsp3) is 0.0769. The van der Waals surface area contributed by atoms with Crippen LogP contribution in [0, 0.1) is 0 Å². The van der Waals surface area contributed by atoms with Crippen LogP contribution in [0.5, 0.6) is 5.75 Å². The van der Waals surface area contributed by atoms with E-state index in [2.05, 4.69) is 0 Å². The second-order valence-corrected chi connectivity index (χ2v) is 4.99. The molecule has 18 heavy (non-hydrogen) atoms. The minimum Gasteiger partial charge on any atom is -0.495 e. The summed E-state index contributed by atoms with van der Waals surface area (Å²) in [5.74, 6) is -0.00106. The molecule has 0 atom stereocenters. The molecule has 2 aromatic carbocycles. The van der Waals surface area contributed by atoms with Gasteiger partial charge in [0.05, 0.1) is 7.11 Å². The number of methoxy groups -OCH3 is 1. The number of hydrogen-bond acceptors (Lipinski definition) is 3. The van der Waals surface area contributed by atoms with Crippen LogP contribution in [0.25, 0.3) is 11.1 Å². The van der Waals surface area contributed by atoms with E-state index in [1.165, 1.54) is 19.2 Å². The Balaban J connectivity index is 2.56. The van der Waals surface area contributed by atoms with Gasteiger partial charge in [0, 0.05) is 0 Å². The molecule has 0 unspecified atom stereocenters. The van der Waals surface area contributed by atoms with Gasteiger partial charge in [-0.05, 0) is 23.3 Å². The lowest BCUT2D eigenvalue weighted by Gasteiger charge is -2.08. The minimum absolute atomic E-state index is 0.00106. The first-order valence-electron chi connectivity index (χ1n) is 5.20. The normalized spacial score (nSPS) is 11.2. The molecule has 2 rings (SSSR count). The van der Waals surface area contributed by atoms with Crippen molar-refractivity contribution < 1.29 is 17.0 Å². The molecule has 0 radical (unpaired) electrons. The van der Waals surface area contributed by atoms with Gasteiger partial charge in [0.2, 0.25) is 0 Å². The molecule has 0 aliphatic carbocycles. The van der Waals surface area contributed by atoms with E-state index in [0.717, 1.165) is 11.1 Å². The van der Waals surface area contributed by atoms with Crippen LogP contribution in [0.3, 0.4) is 0 Å². The molecule has 0 aliphatic heterocycles. The first-order valence-corrected chi connectivity index (χ1v) is 6.59. The van der Waals surface area contributed by atoms with Crippen molar-refractivity contribution in [1.29, 1.82) is 0 Å². The number of hydrogen-bond donors (Lipinski definition) is 0. The molecule has 0 heterocycles. The van der Waals surface area contributed by atoms with Gasteiger partial charge in [-0.25, -0.2) is 0 Å². The molecule has 0 aliphatic rings. The van der Waals surface area contributed by atoms with Gasteiger partial charge in [-0.2, -0.15) is 8.42 Å². The molecule has 0 fully saturated rings. The van der Waals surface area contributed by atoms with Crippen molar-refractivity contribution in [2.24, 2.45) is 0 Å². The number of halogens is 1. The van der Waals surface area contributed by atoms with Crippen molar-refractivity contribution in [2.45, 2.75) is 4.90 Å². The Morgan fingerprint density at radius 1 is 1.00 bits per heavy atom. The second kappa shape index (κ2) is 4.78. The van der Waals surface area contributed by atoms with E-state index in [1.807, 2.05) is 30.3 Å². The zero-order valence-electron chi connectivity index (χ0n) is 9.63. The summed E-state index contributed by atoms with van der Waals surface area (Å²) in [5, 5.41) is 0. The molecule has 94 valence electrons. The number of benzene rings is 2. The Bertz CT molecular complexity index is 651. The maximum absolute atomic E-state index is 13.0. The van der Waals surface area contributed by atoms with Gasteiger partial charge >= 0.3 is 10.2 Å². The Kier molecular flexibility index (Phi) is 3.34. The number of rotatable bonds is 3. The third-order valence-electron chi connectivity index (χ3n) is 2.53. The van der Waals surface area contributed by atoms with Crippen LogP contribution < -0.4 is 4.74 Å². The molecule has 0 saturated heterocycles. The summed E-state index contributed by atoms with van der Waals surface area (Å²) in [6.07, 6.45) is 0. The molecular formula is C13H11FO3S. The molecule has 0 aromatic heterocycles. The summed E-state index contributed by atoms with van der Waals surface area (Å²) in [5.41, 5.74) is 1.67. The lowest BCUT2D eigenvalue weighted by molar-refractivity contribution is 0.401. The highest BCUT2D eigenvalue weighted by Crippen LogP contribution is 2.30. The van der Waals surface area contributed by atoms with Gasteiger partial charge in [0.15, 0.2) is 0 Å². The van der Waals surface area contributed by atoms with Gasteiger partial charge in [-0.3, -0.25) is 0 Å². The van der Waals surface area contributed by atoms with Crippen LogP contribution in [0.2, 0.25) is 0 Å². The third kappa shape index (κ3) is 2.51. The molecule has 2 aromatic rings. The van der Waals surface area contributed by atoms with Gasteiger partial charge in [0.1, 0.15) is 10.6 Å². The third-order valence-corrected chi connectivity index (χ3v) is 3.40. The fourth-order valence-corrected chi connectivity index (χ4v) is 2.29. The average molecular weight is 266 g/mol. The number of ether oxygens (including phenoxy) is 1. The molecule has 0 saturated carbocycles. The van der Waals surface area contributed by atoms with Crippen LogP contribution >= 0.6 is 0 Å². The fourth-order valence-electron chi connectivity index (χ4n) is 1.68. The van der Waals surface area contributed by atoms with Crippen molar-refractivity contribution in [3.63, 3.8) is 0 Å². The van der Waals surface area contributed by atoms with Crippen molar-refractivity contribution in [3.05, 3.63) is 48.5 Å². The van der Waals surface area contributed by atoms with Gasteiger partial charge in [-0.1, -0.05) is 36.4 Å². The van der Waals surface area contributed by atoms with E-state index in [1.54, 1.807) is 6.07 Å². The smallest absolute Gasteiger partial charge is 0.335 e. The molecule has 0 amide bonds. The SMILES string of the molecule is COc1cc(-c2ccccc2)ccc1S(=O)(=O)F. The van der Waals surface area contributed by atoms with Crippen molar-refractivity contribution in [3.8, 4) is 16.9 Å². The summed E-state index contributed by atoms with van der Waals surface area (Å²) in [4.78, 5) is -0.454. The van der Waals surface area contributed by atoms with E-state index in [-0.39, 0.29) is 5.75 Å². The van der Waals surface area contributed by atoms with Crippen LogP contribution in [0.4, 0.5) is 3.89 Å². The molecule has 5 heteroatoms. The minimum atomic E-state index is -4.77.